The number of aliphatic imine (C=N–C) groups is 1. The van der Waals surface area contributed by atoms with E-state index in [0.717, 1.165) is 37.5 Å². The molecule has 0 amide bonds. The third-order valence-corrected chi connectivity index (χ3v) is 7.07. The summed E-state index contributed by atoms with van der Waals surface area (Å²) in [6.45, 7) is 5.52. The summed E-state index contributed by atoms with van der Waals surface area (Å²) in [5.74, 6) is 1.13. The van der Waals surface area contributed by atoms with Crippen molar-refractivity contribution in [1.82, 2.24) is 19.5 Å². The summed E-state index contributed by atoms with van der Waals surface area (Å²) in [5, 5.41) is 6.54. The Hall–Kier alpha value is -2.32. The molecule has 1 aromatic carbocycles. The van der Waals surface area contributed by atoms with Crippen molar-refractivity contribution in [3.8, 4) is 0 Å². The Balaban J connectivity index is 1.51. The molecule has 29 heavy (non-hydrogen) atoms. The lowest BCUT2D eigenvalue weighted by Gasteiger charge is -2.30. The van der Waals surface area contributed by atoms with E-state index < -0.39 is 10.0 Å². The van der Waals surface area contributed by atoms with Gasteiger partial charge in [-0.1, -0.05) is 19.1 Å². The Morgan fingerprint density at radius 2 is 1.90 bits per heavy atom. The van der Waals surface area contributed by atoms with E-state index in [0.29, 0.717) is 30.4 Å². The maximum absolute atomic E-state index is 12.9. The average Bonchev–Trinajstić information content (AvgIpc) is 3.24. The quantitative estimate of drug-likeness (QED) is 0.535. The zero-order chi connectivity index (χ0) is 20.7. The molecule has 158 valence electrons. The third kappa shape index (κ3) is 5.83. The molecule has 2 heterocycles. The van der Waals surface area contributed by atoms with Crippen LogP contribution in [0.3, 0.4) is 0 Å². The summed E-state index contributed by atoms with van der Waals surface area (Å²) in [6, 6.07) is 11.1. The smallest absolute Gasteiger partial charge is 0.243 e. The van der Waals surface area contributed by atoms with Gasteiger partial charge in [-0.15, -0.1) is 0 Å². The van der Waals surface area contributed by atoms with Gasteiger partial charge in [0.25, 0.3) is 0 Å². The van der Waals surface area contributed by atoms with E-state index >= 15 is 0 Å². The first-order valence-electron chi connectivity index (χ1n) is 10.1. The highest BCUT2D eigenvalue weighted by Gasteiger charge is 2.28. The van der Waals surface area contributed by atoms with Gasteiger partial charge in [-0.05, 0) is 48.6 Å². The van der Waals surface area contributed by atoms with Crippen LogP contribution in [0.1, 0.15) is 25.3 Å². The Kier molecular flexibility index (Phi) is 7.33. The predicted octanol–water partition coefficient (Wildman–Crippen LogP) is 2.27. The van der Waals surface area contributed by atoms with Gasteiger partial charge in [-0.2, -0.15) is 4.31 Å². The summed E-state index contributed by atoms with van der Waals surface area (Å²) in [4.78, 5) is 4.59. The van der Waals surface area contributed by atoms with Crippen molar-refractivity contribution in [1.29, 1.82) is 0 Å². The summed E-state index contributed by atoms with van der Waals surface area (Å²) < 4.78 is 29.4. The fraction of sp³-hybridized carbons (Fsp3) is 0.476. The Morgan fingerprint density at radius 1 is 1.17 bits per heavy atom. The van der Waals surface area contributed by atoms with Crippen LogP contribution in [0.5, 0.6) is 0 Å². The average molecular weight is 418 g/mol. The fourth-order valence-corrected chi connectivity index (χ4v) is 5.12. The van der Waals surface area contributed by atoms with Crippen molar-refractivity contribution in [2.24, 2.45) is 10.9 Å². The van der Waals surface area contributed by atoms with E-state index in [2.05, 4.69) is 27.1 Å². The number of piperidine rings is 1. The molecule has 0 bridgehead atoms. The normalized spacial score (nSPS) is 18.6. The molecule has 7 nitrogen and oxygen atoms in total. The number of benzene rings is 1. The van der Waals surface area contributed by atoms with Crippen LogP contribution in [0.2, 0.25) is 0 Å². The molecule has 0 aliphatic carbocycles. The minimum absolute atomic E-state index is 0.365. The number of hydrogen-bond donors (Lipinski definition) is 2. The van der Waals surface area contributed by atoms with Gasteiger partial charge < -0.3 is 15.2 Å². The zero-order valence-corrected chi connectivity index (χ0v) is 18.0. The maximum Gasteiger partial charge on any atom is 0.243 e. The number of nitrogens with zero attached hydrogens (tertiary/aromatic N) is 3. The second kappa shape index (κ2) is 9.93. The van der Waals surface area contributed by atoms with E-state index in [1.165, 1.54) is 0 Å². The summed E-state index contributed by atoms with van der Waals surface area (Å²) in [7, 11) is -1.67. The van der Waals surface area contributed by atoms with Crippen LogP contribution in [0.4, 0.5) is 0 Å². The highest BCUT2D eigenvalue weighted by atomic mass is 32.2. The number of aromatic nitrogens is 1. The lowest BCUT2D eigenvalue weighted by molar-refractivity contribution is 0.281. The molecule has 1 unspecified atom stereocenters. The van der Waals surface area contributed by atoms with Gasteiger partial charge in [0.15, 0.2) is 5.96 Å². The fourth-order valence-electron chi connectivity index (χ4n) is 3.52. The summed E-state index contributed by atoms with van der Waals surface area (Å²) in [6.07, 6.45) is 6.08. The molecule has 1 aromatic heterocycles. The Labute approximate surface area is 173 Å². The monoisotopic (exact) mass is 417 g/mol. The molecule has 1 aliphatic rings. The van der Waals surface area contributed by atoms with Crippen LogP contribution in [-0.2, 0) is 23.1 Å². The van der Waals surface area contributed by atoms with E-state index in [-0.39, 0.29) is 0 Å². The van der Waals surface area contributed by atoms with Gasteiger partial charge in [0, 0.05) is 52.2 Å². The van der Waals surface area contributed by atoms with Crippen LogP contribution in [0.15, 0.2) is 58.7 Å². The minimum Gasteiger partial charge on any atom is -0.355 e. The minimum atomic E-state index is -3.41. The number of hydrogen-bond acceptors (Lipinski definition) is 3. The van der Waals surface area contributed by atoms with Gasteiger partial charge in [-0.25, -0.2) is 8.42 Å². The third-order valence-electron chi connectivity index (χ3n) is 5.19. The lowest BCUT2D eigenvalue weighted by Crippen LogP contribution is -2.39. The number of guanidine groups is 1. The molecular formula is C21H31N5O2S. The van der Waals surface area contributed by atoms with Crippen molar-refractivity contribution in [2.75, 3.05) is 26.7 Å². The van der Waals surface area contributed by atoms with E-state index in [1.807, 2.05) is 36.7 Å². The first-order chi connectivity index (χ1) is 14.0. The van der Waals surface area contributed by atoms with Crippen molar-refractivity contribution >= 4 is 16.0 Å². The molecule has 0 saturated carbocycles. The maximum atomic E-state index is 12.9. The van der Waals surface area contributed by atoms with Crippen LogP contribution < -0.4 is 10.6 Å². The van der Waals surface area contributed by atoms with Crippen LogP contribution in [-0.4, -0.2) is 49.9 Å². The molecule has 3 rings (SSSR count). The second-order valence-corrected chi connectivity index (χ2v) is 9.47. The van der Waals surface area contributed by atoms with Gasteiger partial charge in [0.05, 0.1) is 4.90 Å². The standard InChI is InChI=1S/C21H31N5O2S/c1-18-6-5-14-26(17-18)29(27,28)20-9-7-19(8-10-20)16-24-21(22-2)23-11-15-25-12-3-4-13-25/h3-4,7-10,12-13,18H,5-6,11,14-17H2,1-2H3,(H2,22,23,24). The van der Waals surface area contributed by atoms with Crippen molar-refractivity contribution in [2.45, 2.75) is 37.8 Å². The molecule has 2 N–H and O–H groups in total. The molecular weight excluding hydrogens is 386 g/mol. The topological polar surface area (TPSA) is 78.7 Å². The van der Waals surface area contributed by atoms with Crippen LogP contribution in [0, 0.1) is 5.92 Å². The van der Waals surface area contributed by atoms with Gasteiger partial charge >= 0.3 is 0 Å². The van der Waals surface area contributed by atoms with Crippen LogP contribution >= 0.6 is 0 Å². The van der Waals surface area contributed by atoms with Gasteiger partial charge in [0.1, 0.15) is 0 Å². The van der Waals surface area contributed by atoms with Crippen molar-refractivity contribution in [3.05, 3.63) is 54.4 Å². The summed E-state index contributed by atoms with van der Waals surface area (Å²) >= 11 is 0. The first-order valence-corrected chi connectivity index (χ1v) is 11.6. The molecule has 8 heteroatoms. The highest BCUT2D eigenvalue weighted by molar-refractivity contribution is 7.89. The Morgan fingerprint density at radius 3 is 2.55 bits per heavy atom. The largest absolute Gasteiger partial charge is 0.355 e. The van der Waals surface area contributed by atoms with E-state index in [9.17, 15) is 8.42 Å². The molecule has 1 saturated heterocycles. The zero-order valence-electron chi connectivity index (χ0n) is 17.2. The SMILES string of the molecule is CN=C(NCCn1cccc1)NCc1ccc(S(=O)(=O)N2CCCC(C)C2)cc1. The molecule has 0 spiro atoms. The molecule has 0 radical (unpaired) electrons. The predicted molar refractivity (Wildman–Crippen MR) is 116 cm³/mol. The lowest BCUT2D eigenvalue weighted by atomic mass is 10.0. The van der Waals surface area contributed by atoms with Gasteiger partial charge in [-0.3, -0.25) is 4.99 Å². The number of sulfonamides is 1. The number of nitrogens with one attached hydrogen (secondary N) is 2. The van der Waals surface area contributed by atoms with Crippen molar-refractivity contribution < 1.29 is 8.42 Å². The van der Waals surface area contributed by atoms with E-state index in [4.69, 9.17) is 0 Å². The molecule has 1 atom stereocenters. The molecule has 2 aromatic rings. The van der Waals surface area contributed by atoms with E-state index in [1.54, 1.807) is 23.5 Å². The Bertz CT molecular complexity index is 892. The van der Waals surface area contributed by atoms with Crippen LogP contribution in [0.25, 0.3) is 0 Å². The highest BCUT2D eigenvalue weighted by Crippen LogP contribution is 2.23. The summed E-state index contributed by atoms with van der Waals surface area (Å²) in [5.41, 5.74) is 1.00. The molecule has 1 fully saturated rings. The number of rotatable bonds is 7. The first kappa shape index (κ1) is 21.4. The van der Waals surface area contributed by atoms with Gasteiger partial charge in [0.2, 0.25) is 10.0 Å². The van der Waals surface area contributed by atoms with Crippen molar-refractivity contribution in [3.63, 3.8) is 0 Å². The second-order valence-electron chi connectivity index (χ2n) is 7.53. The molecule has 1 aliphatic heterocycles.